The van der Waals surface area contributed by atoms with E-state index >= 15 is 0 Å². The van der Waals surface area contributed by atoms with Crippen LogP contribution in [0, 0.1) is 11.8 Å². The summed E-state index contributed by atoms with van der Waals surface area (Å²) in [6, 6.07) is 1.99. The third kappa shape index (κ3) is 1.73. The number of carboxylic acids is 1. The zero-order chi connectivity index (χ0) is 12.7. The summed E-state index contributed by atoms with van der Waals surface area (Å²) in [6.45, 7) is 3.24. The summed E-state index contributed by atoms with van der Waals surface area (Å²) in [5, 5.41) is 12.2. The summed E-state index contributed by atoms with van der Waals surface area (Å²) in [4.78, 5) is 22.7. The maximum Gasteiger partial charge on any atom is 0.308 e. The Morgan fingerprint density at radius 1 is 1.50 bits per heavy atom. The van der Waals surface area contributed by atoms with Crippen molar-refractivity contribution >= 4 is 33.3 Å². The Hall–Kier alpha value is -1.69. The number of thiophene rings is 1. The van der Waals surface area contributed by atoms with Crippen molar-refractivity contribution in [2.75, 3.05) is 18.0 Å². The van der Waals surface area contributed by atoms with Gasteiger partial charge in [0.05, 0.1) is 11.3 Å². The van der Waals surface area contributed by atoms with E-state index in [4.69, 9.17) is 5.11 Å². The van der Waals surface area contributed by atoms with Crippen LogP contribution in [0.25, 0.3) is 10.2 Å². The summed E-state index contributed by atoms with van der Waals surface area (Å²) in [7, 11) is 0. The van der Waals surface area contributed by atoms with Gasteiger partial charge in [0.15, 0.2) is 0 Å². The van der Waals surface area contributed by atoms with E-state index in [1.807, 2.05) is 18.4 Å². The number of rotatable bonds is 2. The van der Waals surface area contributed by atoms with E-state index in [1.54, 1.807) is 17.7 Å². The van der Waals surface area contributed by atoms with E-state index in [1.165, 1.54) is 0 Å². The van der Waals surface area contributed by atoms with Gasteiger partial charge in [-0.2, -0.15) is 0 Å². The minimum absolute atomic E-state index is 0.145. The number of hydrogen-bond acceptors (Lipinski definition) is 5. The van der Waals surface area contributed by atoms with E-state index < -0.39 is 5.97 Å². The first kappa shape index (κ1) is 11.4. The fourth-order valence-corrected chi connectivity index (χ4v) is 3.22. The number of carboxylic acid groups (broad SMARTS) is 1. The number of nitrogens with zero attached hydrogens (tertiary/aromatic N) is 3. The lowest BCUT2D eigenvalue weighted by molar-refractivity contribution is -0.142. The van der Waals surface area contributed by atoms with Gasteiger partial charge in [0.2, 0.25) is 0 Å². The summed E-state index contributed by atoms with van der Waals surface area (Å²) < 4.78 is 0. The molecule has 0 amide bonds. The summed E-state index contributed by atoms with van der Waals surface area (Å²) in [5.41, 5.74) is 0. The Morgan fingerprint density at radius 2 is 2.33 bits per heavy atom. The average molecular weight is 263 g/mol. The van der Waals surface area contributed by atoms with Gasteiger partial charge in [0.25, 0.3) is 0 Å². The molecule has 3 rings (SSSR count). The molecule has 6 heteroatoms. The zero-order valence-electron chi connectivity index (χ0n) is 9.91. The van der Waals surface area contributed by atoms with Crippen molar-refractivity contribution in [3.63, 3.8) is 0 Å². The van der Waals surface area contributed by atoms with Crippen molar-refractivity contribution in [1.82, 2.24) is 9.97 Å². The normalized spacial score (nSPS) is 23.7. The first-order chi connectivity index (χ1) is 8.66. The second-order valence-corrected chi connectivity index (χ2v) is 5.56. The molecule has 0 spiro atoms. The number of aliphatic carboxylic acids is 1. The maximum atomic E-state index is 11.1. The smallest absolute Gasteiger partial charge is 0.308 e. The number of hydrogen-bond donors (Lipinski definition) is 1. The fourth-order valence-electron chi connectivity index (χ4n) is 2.49. The molecule has 1 fully saturated rings. The van der Waals surface area contributed by atoms with E-state index in [-0.39, 0.29) is 11.8 Å². The number of carbonyl (C=O) groups is 1. The van der Waals surface area contributed by atoms with Crippen LogP contribution in [0.4, 0.5) is 5.82 Å². The minimum Gasteiger partial charge on any atom is -0.481 e. The van der Waals surface area contributed by atoms with Gasteiger partial charge in [0, 0.05) is 13.1 Å². The quantitative estimate of drug-likeness (QED) is 0.895. The molecule has 2 aromatic rings. The Morgan fingerprint density at radius 3 is 3.06 bits per heavy atom. The molecule has 1 aliphatic heterocycles. The van der Waals surface area contributed by atoms with Crippen LogP contribution in [0.15, 0.2) is 17.8 Å². The molecule has 5 nitrogen and oxygen atoms in total. The molecule has 0 saturated carbocycles. The van der Waals surface area contributed by atoms with Gasteiger partial charge in [-0.05, 0) is 17.4 Å². The maximum absolute atomic E-state index is 11.1. The summed E-state index contributed by atoms with van der Waals surface area (Å²) in [6.07, 6.45) is 1.55. The van der Waals surface area contributed by atoms with E-state index in [0.29, 0.717) is 6.54 Å². The second kappa shape index (κ2) is 4.20. The van der Waals surface area contributed by atoms with Gasteiger partial charge < -0.3 is 10.0 Å². The molecule has 0 radical (unpaired) electrons. The highest BCUT2D eigenvalue weighted by Crippen LogP contribution is 2.32. The van der Waals surface area contributed by atoms with Gasteiger partial charge in [0.1, 0.15) is 17.0 Å². The highest BCUT2D eigenvalue weighted by atomic mass is 32.1. The van der Waals surface area contributed by atoms with E-state index in [2.05, 4.69) is 14.9 Å². The van der Waals surface area contributed by atoms with Crippen molar-refractivity contribution in [2.45, 2.75) is 6.92 Å². The SMILES string of the molecule is C[C@@H]1CN(c2ncnc3sccc23)C[C@H]1C(=O)O. The van der Waals surface area contributed by atoms with Crippen LogP contribution in [0.2, 0.25) is 0 Å². The Labute approximate surface area is 108 Å². The molecule has 2 atom stereocenters. The third-order valence-electron chi connectivity index (χ3n) is 3.47. The topological polar surface area (TPSA) is 66.3 Å². The van der Waals surface area contributed by atoms with Gasteiger partial charge in [-0.3, -0.25) is 4.79 Å². The summed E-state index contributed by atoms with van der Waals surface area (Å²) >= 11 is 1.57. The van der Waals surface area contributed by atoms with Crippen molar-refractivity contribution in [2.24, 2.45) is 11.8 Å². The minimum atomic E-state index is -0.722. The largest absolute Gasteiger partial charge is 0.481 e. The molecule has 94 valence electrons. The molecular weight excluding hydrogens is 250 g/mol. The first-order valence-corrected chi connectivity index (χ1v) is 6.70. The molecule has 3 heterocycles. The van der Waals surface area contributed by atoms with E-state index in [0.717, 1.165) is 22.6 Å². The lowest BCUT2D eigenvalue weighted by Gasteiger charge is -2.17. The molecule has 0 bridgehead atoms. The third-order valence-corrected chi connectivity index (χ3v) is 4.29. The van der Waals surface area contributed by atoms with Crippen LogP contribution in [0.1, 0.15) is 6.92 Å². The monoisotopic (exact) mass is 263 g/mol. The molecule has 2 aromatic heterocycles. The Bertz CT molecular complexity index is 598. The second-order valence-electron chi connectivity index (χ2n) is 4.66. The van der Waals surface area contributed by atoms with Crippen molar-refractivity contribution in [3.8, 4) is 0 Å². The fraction of sp³-hybridized carbons (Fsp3) is 0.417. The van der Waals surface area contributed by atoms with Gasteiger partial charge in [-0.1, -0.05) is 6.92 Å². The molecule has 0 unspecified atom stereocenters. The van der Waals surface area contributed by atoms with Crippen LogP contribution in [0.5, 0.6) is 0 Å². The number of aromatic nitrogens is 2. The number of fused-ring (bicyclic) bond motifs is 1. The van der Waals surface area contributed by atoms with Crippen molar-refractivity contribution in [3.05, 3.63) is 17.8 Å². The first-order valence-electron chi connectivity index (χ1n) is 5.83. The molecule has 1 aliphatic rings. The molecular formula is C12H13N3O2S. The van der Waals surface area contributed by atoms with Crippen LogP contribution in [0.3, 0.4) is 0 Å². The van der Waals surface area contributed by atoms with Gasteiger partial charge in [-0.25, -0.2) is 9.97 Å². The van der Waals surface area contributed by atoms with Crippen LogP contribution in [-0.2, 0) is 4.79 Å². The highest BCUT2D eigenvalue weighted by Gasteiger charge is 2.35. The molecule has 18 heavy (non-hydrogen) atoms. The predicted octanol–water partition coefficient (Wildman–Crippen LogP) is 1.85. The predicted molar refractivity (Wildman–Crippen MR) is 69.9 cm³/mol. The molecule has 1 N–H and O–H groups in total. The lowest BCUT2D eigenvalue weighted by Crippen LogP contribution is -2.23. The zero-order valence-corrected chi connectivity index (χ0v) is 10.7. The molecule has 0 aromatic carbocycles. The van der Waals surface area contributed by atoms with Crippen molar-refractivity contribution in [1.29, 1.82) is 0 Å². The lowest BCUT2D eigenvalue weighted by atomic mass is 9.99. The van der Waals surface area contributed by atoms with Crippen LogP contribution < -0.4 is 4.90 Å². The van der Waals surface area contributed by atoms with E-state index in [9.17, 15) is 4.79 Å². The average Bonchev–Trinajstić information content (AvgIpc) is 2.94. The summed E-state index contributed by atoms with van der Waals surface area (Å²) in [5.74, 6) is -0.0303. The Balaban J connectivity index is 1.97. The highest BCUT2D eigenvalue weighted by molar-refractivity contribution is 7.16. The Kier molecular flexibility index (Phi) is 2.66. The van der Waals surface area contributed by atoms with Gasteiger partial charge >= 0.3 is 5.97 Å². The van der Waals surface area contributed by atoms with Gasteiger partial charge in [-0.15, -0.1) is 11.3 Å². The standard InChI is InChI=1S/C12H13N3O2S/c1-7-4-15(5-9(7)12(16)17)10-8-2-3-18-11(8)14-6-13-10/h2-3,6-7,9H,4-5H2,1H3,(H,16,17)/t7-,9-/m1/s1. The molecule has 1 saturated heterocycles. The van der Waals surface area contributed by atoms with Crippen molar-refractivity contribution < 1.29 is 9.90 Å². The molecule has 0 aliphatic carbocycles. The van der Waals surface area contributed by atoms with Crippen LogP contribution >= 0.6 is 11.3 Å². The number of anilines is 1. The van der Waals surface area contributed by atoms with Crippen LogP contribution in [-0.4, -0.2) is 34.1 Å².